The number of nitrogens with two attached hydrogens (primary N) is 1. The van der Waals surface area contributed by atoms with E-state index in [2.05, 4.69) is 0 Å². The van der Waals surface area contributed by atoms with Crippen molar-refractivity contribution in [1.82, 2.24) is 4.57 Å². The van der Waals surface area contributed by atoms with Gasteiger partial charge in [-0.25, -0.2) is 17.6 Å². The van der Waals surface area contributed by atoms with Gasteiger partial charge in [-0.15, -0.1) is 0 Å². The first kappa shape index (κ1) is 21.0. The molecule has 1 aromatic heterocycles. The van der Waals surface area contributed by atoms with E-state index in [9.17, 15) is 22.7 Å². The van der Waals surface area contributed by atoms with Crippen molar-refractivity contribution in [3.8, 4) is 0 Å². The Kier molecular flexibility index (Phi) is 5.28. The number of nitrogens with zero attached hydrogens (tertiary/aromatic N) is 1. The number of carboxylic acid groups (broad SMARTS) is 1. The smallest absolute Gasteiger partial charge is 0.352 e. The van der Waals surface area contributed by atoms with E-state index in [1.165, 1.54) is 23.6 Å². The summed E-state index contributed by atoms with van der Waals surface area (Å²) in [4.78, 5) is 12.3. The second-order valence-corrected chi connectivity index (χ2v) is 9.74. The fourth-order valence-corrected chi connectivity index (χ4v) is 4.95. The quantitative estimate of drug-likeness (QED) is 0.470. The van der Waals surface area contributed by atoms with E-state index in [1.54, 1.807) is 0 Å². The summed E-state index contributed by atoms with van der Waals surface area (Å²) in [6.45, 7) is 1.59. The molecule has 1 unspecified atom stereocenters. The Bertz CT molecular complexity index is 1420. The maximum absolute atomic E-state index is 14.1. The van der Waals surface area contributed by atoms with E-state index in [0.717, 1.165) is 22.4 Å². The van der Waals surface area contributed by atoms with Crippen molar-refractivity contribution in [3.63, 3.8) is 0 Å². The Morgan fingerprint density at radius 2 is 1.81 bits per heavy atom. The molecule has 6 nitrogen and oxygen atoms in total. The molecular weight excluding hydrogens is 419 g/mol. The molecule has 0 aliphatic carbocycles. The number of carbonyl (C=O) groups is 1. The van der Waals surface area contributed by atoms with E-state index >= 15 is 0 Å². The van der Waals surface area contributed by atoms with Crippen molar-refractivity contribution in [2.75, 3.05) is 5.75 Å². The largest absolute Gasteiger partial charge is 0.477 e. The monoisotopic (exact) mass is 440 g/mol. The highest BCUT2D eigenvalue weighted by Crippen LogP contribution is 2.35. The third kappa shape index (κ3) is 3.58. The first-order valence-electron chi connectivity index (χ1n) is 9.73. The first-order valence-corrected chi connectivity index (χ1v) is 11.4. The summed E-state index contributed by atoms with van der Waals surface area (Å²) in [6.07, 6.45) is 0. The van der Waals surface area contributed by atoms with Crippen LogP contribution in [0.25, 0.3) is 21.7 Å². The minimum Gasteiger partial charge on any atom is -0.477 e. The van der Waals surface area contributed by atoms with Gasteiger partial charge in [0.15, 0.2) is 9.84 Å². The molecule has 0 fully saturated rings. The standard InChI is InChI=1S/C23H21FN2O4S/c1-2-31(29,30)22(25)20-18-12-16(24)10-11-19(18)26(21(20)23(27)28)13-15-8-5-7-14-6-3-4-9-17(14)15/h3-12,22H,2,13,25H2,1H3,(H,27,28). The molecule has 4 aromatic rings. The van der Waals surface area contributed by atoms with Crippen LogP contribution in [0.5, 0.6) is 0 Å². The van der Waals surface area contributed by atoms with Gasteiger partial charge >= 0.3 is 5.97 Å². The Hall–Kier alpha value is -3.23. The molecule has 0 saturated heterocycles. The SMILES string of the molecule is CCS(=O)(=O)C(N)c1c(C(=O)O)n(Cc2cccc3ccccc23)c2ccc(F)cc12. The zero-order chi connectivity index (χ0) is 22.3. The van der Waals surface area contributed by atoms with E-state index in [0.29, 0.717) is 5.52 Å². The van der Waals surface area contributed by atoms with Gasteiger partial charge in [0.05, 0.1) is 0 Å². The van der Waals surface area contributed by atoms with Crippen LogP contribution in [0.3, 0.4) is 0 Å². The highest BCUT2D eigenvalue weighted by molar-refractivity contribution is 7.91. The molecular formula is C23H21FN2O4S. The van der Waals surface area contributed by atoms with Crippen molar-refractivity contribution < 1.29 is 22.7 Å². The fourth-order valence-electron chi connectivity index (χ4n) is 4.00. The highest BCUT2D eigenvalue weighted by Gasteiger charge is 2.32. The van der Waals surface area contributed by atoms with E-state index in [-0.39, 0.29) is 28.9 Å². The van der Waals surface area contributed by atoms with Gasteiger partial charge in [-0.2, -0.15) is 0 Å². The van der Waals surface area contributed by atoms with E-state index in [4.69, 9.17) is 5.73 Å². The normalized spacial score (nSPS) is 13.0. The van der Waals surface area contributed by atoms with Crippen molar-refractivity contribution >= 4 is 37.5 Å². The zero-order valence-electron chi connectivity index (χ0n) is 16.7. The summed E-state index contributed by atoms with van der Waals surface area (Å²) < 4.78 is 40.6. The number of hydrogen-bond acceptors (Lipinski definition) is 4. The molecule has 0 radical (unpaired) electrons. The summed E-state index contributed by atoms with van der Waals surface area (Å²) in [5.41, 5.74) is 6.96. The van der Waals surface area contributed by atoms with E-state index in [1.807, 2.05) is 42.5 Å². The van der Waals surface area contributed by atoms with Gasteiger partial charge in [0.2, 0.25) is 0 Å². The number of hydrogen-bond donors (Lipinski definition) is 2. The molecule has 0 aliphatic rings. The van der Waals surface area contributed by atoms with Gasteiger partial charge in [0.1, 0.15) is 16.9 Å². The average Bonchev–Trinajstić information content (AvgIpc) is 3.06. The van der Waals surface area contributed by atoms with Gasteiger partial charge in [0.25, 0.3) is 0 Å². The van der Waals surface area contributed by atoms with Crippen molar-refractivity contribution in [2.24, 2.45) is 5.73 Å². The number of aromatic carboxylic acids is 1. The predicted molar refractivity (Wildman–Crippen MR) is 118 cm³/mol. The lowest BCUT2D eigenvalue weighted by Gasteiger charge is -2.14. The molecule has 160 valence electrons. The molecule has 8 heteroatoms. The summed E-state index contributed by atoms with van der Waals surface area (Å²) in [5, 5.41) is 10.6. The summed E-state index contributed by atoms with van der Waals surface area (Å²) >= 11 is 0. The van der Waals surface area contributed by atoms with Gasteiger partial charge in [-0.3, -0.25) is 0 Å². The topological polar surface area (TPSA) is 102 Å². The Morgan fingerprint density at radius 3 is 2.52 bits per heavy atom. The third-order valence-corrected chi connectivity index (χ3v) is 7.36. The molecule has 1 heterocycles. The van der Waals surface area contributed by atoms with Gasteiger partial charge < -0.3 is 15.4 Å². The van der Waals surface area contributed by atoms with Crippen LogP contribution in [0, 0.1) is 5.82 Å². The van der Waals surface area contributed by atoms with Gasteiger partial charge in [-0.05, 0) is 34.5 Å². The second-order valence-electron chi connectivity index (χ2n) is 7.33. The van der Waals surface area contributed by atoms with Crippen LogP contribution in [0.4, 0.5) is 4.39 Å². The number of carboxylic acids is 1. The van der Waals surface area contributed by atoms with Crippen LogP contribution in [0.2, 0.25) is 0 Å². The predicted octanol–water partition coefficient (Wildman–Crippen LogP) is 4.07. The molecule has 3 aromatic carbocycles. The third-order valence-electron chi connectivity index (χ3n) is 5.55. The molecule has 0 bridgehead atoms. The number of sulfone groups is 1. The van der Waals surface area contributed by atoms with Gasteiger partial charge in [0, 0.05) is 28.8 Å². The first-order chi connectivity index (χ1) is 14.7. The van der Waals surface area contributed by atoms with Crippen LogP contribution < -0.4 is 5.73 Å². The van der Waals surface area contributed by atoms with Crippen molar-refractivity contribution in [3.05, 3.63) is 83.3 Å². The maximum atomic E-state index is 14.1. The molecule has 31 heavy (non-hydrogen) atoms. The molecule has 4 rings (SSSR count). The van der Waals surface area contributed by atoms with Crippen molar-refractivity contribution in [2.45, 2.75) is 18.8 Å². The second kappa shape index (κ2) is 7.79. The van der Waals surface area contributed by atoms with Crippen LogP contribution in [0.1, 0.15) is 33.9 Å². The minimum atomic E-state index is -3.83. The van der Waals surface area contributed by atoms with Crippen LogP contribution >= 0.6 is 0 Å². The Labute approximate surface area is 178 Å². The number of rotatable bonds is 6. The summed E-state index contributed by atoms with van der Waals surface area (Å²) in [6, 6.07) is 17.2. The summed E-state index contributed by atoms with van der Waals surface area (Å²) in [7, 11) is -3.83. The Morgan fingerprint density at radius 1 is 1.10 bits per heavy atom. The van der Waals surface area contributed by atoms with Gasteiger partial charge in [-0.1, -0.05) is 49.4 Å². The fraction of sp³-hybridized carbons (Fsp3) is 0.174. The number of benzene rings is 3. The Balaban J connectivity index is 2.03. The number of aromatic nitrogens is 1. The van der Waals surface area contributed by atoms with Crippen LogP contribution in [-0.2, 0) is 16.4 Å². The number of halogens is 1. The lowest BCUT2D eigenvalue weighted by Crippen LogP contribution is -2.26. The molecule has 1 atom stereocenters. The van der Waals surface area contributed by atoms with E-state index < -0.39 is 27.0 Å². The average molecular weight is 440 g/mol. The molecule has 0 amide bonds. The minimum absolute atomic E-state index is 0.0934. The lowest BCUT2D eigenvalue weighted by molar-refractivity contribution is 0.0685. The molecule has 3 N–H and O–H groups in total. The van der Waals surface area contributed by atoms with Crippen molar-refractivity contribution in [1.29, 1.82) is 0 Å². The van der Waals surface area contributed by atoms with Crippen LogP contribution in [-0.4, -0.2) is 29.8 Å². The molecule has 0 spiro atoms. The highest BCUT2D eigenvalue weighted by atomic mass is 32.2. The number of fused-ring (bicyclic) bond motifs is 2. The molecule has 0 saturated carbocycles. The molecule has 0 aliphatic heterocycles. The lowest BCUT2D eigenvalue weighted by atomic mass is 10.0. The van der Waals surface area contributed by atoms with Crippen LogP contribution in [0.15, 0.2) is 60.7 Å². The summed E-state index contributed by atoms with van der Waals surface area (Å²) in [5.74, 6) is -2.19. The zero-order valence-corrected chi connectivity index (χ0v) is 17.6. The maximum Gasteiger partial charge on any atom is 0.352 e.